The van der Waals surface area contributed by atoms with Gasteiger partial charge in [-0.2, -0.15) is 0 Å². The second-order valence-electron chi connectivity index (χ2n) is 7.99. The first-order chi connectivity index (χ1) is 14.7. The van der Waals surface area contributed by atoms with Gasteiger partial charge in [0.15, 0.2) is 0 Å². The Morgan fingerprint density at radius 2 is 1.97 bits per heavy atom. The fourth-order valence-corrected chi connectivity index (χ4v) is 3.88. The SMILES string of the molecule is CC.CS(C)(C)CCOCNc1ccc(Br)cc1C(=N)c1ccnc(N2CC(F)C2)c1. The van der Waals surface area contributed by atoms with Gasteiger partial charge in [0.25, 0.3) is 0 Å². The summed E-state index contributed by atoms with van der Waals surface area (Å²) in [5.41, 5.74) is 2.74. The van der Waals surface area contributed by atoms with E-state index in [4.69, 9.17) is 10.1 Å². The number of aromatic nitrogens is 1. The largest absolute Gasteiger partial charge is 0.362 e. The van der Waals surface area contributed by atoms with Crippen LogP contribution in [0.1, 0.15) is 25.0 Å². The van der Waals surface area contributed by atoms with Crippen LogP contribution in [-0.2, 0) is 4.74 Å². The maximum absolute atomic E-state index is 13.2. The molecule has 0 atom stereocenters. The topological polar surface area (TPSA) is 61.2 Å². The molecular weight excluding hydrogens is 479 g/mol. The van der Waals surface area contributed by atoms with Crippen LogP contribution < -0.4 is 10.2 Å². The van der Waals surface area contributed by atoms with Gasteiger partial charge in [-0.15, -0.1) is 0 Å². The maximum Gasteiger partial charge on any atom is 0.135 e. The first-order valence-electron chi connectivity index (χ1n) is 10.4. The molecule has 2 aromatic rings. The molecule has 31 heavy (non-hydrogen) atoms. The van der Waals surface area contributed by atoms with Gasteiger partial charge in [0.05, 0.1) is 25.4 Å². The highest BCUT2D eigenvalue weighted by Crippen LogP contribution is 2.33. The smallest absolute Gasteiger partial charge is 0.135 e. The first-order valence-corrected chi connectivity index (χ1v) is 14.3. The Balaban J connectivity index is 0.00000166. The summed E-state index contributed by atoms with van der Waals surface area (Å²) < 4.78 is 19.8. The number of pyridine rings is 1. The van der Waals surface area contributed by atoms with Gasteiger partial charge in [0.1, 0.15) is 18.7 Å². The van der Waals surface area contributed by atoms with Crippen LogP contribution in [0.4, 0.5) is 15.9 Å². The number of halogens is 2. The highest BCUT2D eigenvalue weighted by Gasteiger charge is 2.27. The summed E-state index contributed by atoms with van der Waals surface area (Å²) in [6, 6.07) is 9.47. The van der Waals surface area contributed by atoms with Crippen molar-refractivity contribution in [2.24, 2.45) is 0 Å². The van der Waals surface area contributed by atoms with E-state index in [0.717, 1.165) is 27.0 Å². The minimum absolute atomic E-state index is 0.362. The third-order valence-corrected chi connectivity index (χ3v) is 6.54. The van der Waals surface area contributed by atoms with E-state index in [1.165, 1.54) is 0 Å². The van der Waals surface area contributed by atoms with Crippen LogP contribution in [0, 0.1) is 5.41 Å². The molecule has 0 aliphatic carbocycles. The molecule has 0 bridgehead atoms. The van der Waals surface area contributed by atoms with E-state index in [1.54, 1.807) is 6.20 Å². The average Bonchev–Trinajstić information content (AvgIpc) is 2.72. The van der Waals surface area contributed by atoms with Crippen molar-refractivity contribution in [3.8, 4) is 0 Å². The van der Waals surface area contributed by atoms with E-state index in [9.17, 15) is 4.39 Å². The van der Waals surface area contributed by atoms with Crippen molar-refractivity contribution < 1.29 is 9.13 Å². The fourth-order valence-electron chi connectivity index (χ4n) is 2.90. The molecule has 1 aliphatic rings. The molecule has 1 aliphatic heterocycles. The van der Waals surface area contributed by atoms with Gasteiger partial charge in [0, 0.05) is 33.2 Å². The highest BCUT2D eigenvalue weighted by molar-refractivity contribution is 9.10. The first kappa shape index (κ1) is 25.6. The summed E-state index contributed by atoms with van der Waals surface area (Å²) in [6.07, 6.45) is 7.70. The molecule has 8 heteroatoms. The fraction of sp³-hybridized carbons (Fsp3) is 0.478. The highest BCUT2D eigenvalue weighted by atomic mass is 79.9. The lowest BCUT2D eigenvalue weighted by Gasteiger charge is -2.35. The number of anilines is 2. The molecular formula is C23H34BrFN4OS. The van der Waals surface area contributed by atoms with Crippen molar-refractivity contribution >= 4 is 43.2 Å². The van der Waals surface area contributed by atoms with E-state index in [1.807, 2.05) is 49.1 Å². The minimum Gasteiger partial charge on any atom is -0.362 e. The lowest BCUT2D eigenvalue weighted by molar-refractivity contribution is 0.169. The Morgan fingerprint density at radius 1 is 1.26 bits per heavy atom. The van der Waals surface area contributed by atoms with Crippen molar-refractivity contribution in [2.75, 3.05) is 61.2 Å². The number of nitrogens with zero attached hydrogens (tertiary/aromatic N) is 2. The zero-order valence-corrected chi connectivity index (χ0v) is 21.4. The Kier molecular flexibility index (Phi) is 9.78. The van der Waals surface area contributed by atoms with Gasteiger partial charge in [-0.1, -0.05) is 29.8 Å². The molecule has 0 spiro atoms. The normalized spacial score (nSPS) is 14.4. The lowest BCUT2D eigenvalue weighted by atomic mass is 10.0. The van der Waals surface area contributed by atoms with Crippen LogP contribution in [0.2, 0.25) is 0 Å². The standard InChI is InChI=1S/C21H28BrFN4OS.C2H6/c1-29(2,3)9-8-28-14-26-19-5-4-16(22)11-18(19)21(24)15-6-7-25-20(10-15)27-12-17(23)13-27;1-2/h4-7,10-11,17,24,26H,8-9,12-14H2,1-3H3;1-2H3. The molecule has 5 nitrogen and oxygen atoms in total. The van der Waals surface area contributed by atoms with Crippen LogP contribution in [0.15, 0.2) is 41.0 Å². The average molecular weight is 514 g/mol. The van der Waals surface area contributed by atoms with E-state index in [0.29, 0.717) is 38.0 Å². The molecule has 0 unspecified atom stereocenters. The monoisotopic (exact) mass is 512 g/mol. The molecule has 0 amide bonds. The summed E-state index contributed by atoms with van der Waals surface area (Å²) >= 11 is 3.50. The van der Waals surface area contributed by atoms with E-state index in [-0.39, 0.29) is 0 Å². The predicted octanol–water partition coefficient (Wildman–Crippen LogP) is 5.52. The van der Waals surface area contributed by atoms with Crippen LogP contribution in [0.5, 0.6) is 0 Å². The van der Waals surface area contributed by atoms with Crippen molar-refractivity contribution in [3.63, 3.8) is 0 Å². The summed E-state index contributed by atoms with van der Waals surface area (Å²) in [4.78, 5) is 6.20. The number of ether oxygens (including phenoxy) is 1. The number of benzene rings is 1. The van der Waals surface area contributed by atoms with Gasteiger partial charge < -0.3 is 15.0 Å². The zero-order chi connectivity index (χ0) is 23.0. The van der Waals surface area contributed by atoms with Crippen LogP contribution >= 0.6 is 26.0 Å². The molecule has 0 saturated carbocycles. The van der Waals surface area contributed by atoms with Crippen molar-refractivity contribution in [3.05, 3.63) is 52.1 Å². The van der Waals surface area contributed by atoms with Crippen molar-refractivity contribution in [1.82, 2.24) is 4.98 Å². The quantitative estimate of drug-likeness (QED) is 0.263. The van der Waals surface area contributed by atoms with E-state index < -0.39 is 16.2 Å². The summed E-state index contributed by atoms with van der Waals surface area (Å²) in [5, 5.41) is 12.0. The Labute approximate surface area is 195 Å². The lowest BCUT2D eigenvalue weighted by Crippen LogP contribution is -2.48. The number of hydrogen-bond acceptors (Lipinski definition) is 5. The third-order valence-electron chi connectivity index (χ3n) is 4.65. The number of alkyl halides is 1. The van der Waals surface area contributed by atoms with Crippen LogP contribution in [0.25, 0.3) is 0 Å². The van der Waals surface area contributed by atoms with Gasteiger partial charge in [-0.05, 0) is 49.1 Å². The molecule has 1 aromatic heterocycles. The summed E-state index contributed by atoms with van der Waals surface area (Å²) in [7, 11) is -0.571. The number of rotatable bonds is 9. The zero-order valence-electron chi connectivity index (χ0n) is 19.0. The van der Waals surface area contributed by atoms with Crippen molar-refractivity contribution in [2.45, 2.75) is 20.0 Å². The number of nitrogens with one attached hydrogen (secondary N) is 2. The molecule has 0 radical (unpaired) electrons. The molecule has 1 aromatic carbocycles. The third kappa shape index (κ3) is 7.77. The Hall–Kier alpha value is -1.64. The maximum atomic E-state index is 13.2. The van der Waals surface area contributed by atoms with Gasteiger partial charge in [-0.25, -0.2) is 19.4 Å². The predicted molar refractivity (Wildman–Crippen MR) is 137 cm³/mol. The second-order valence-corrected chi connectivity index (χ2v) is 13.5. The molecule has 2 N–H and O–H groups in total. The van der Waals surface area contributed by atoms with Crippen LogP contribution in [0.3, 0.4) is 0 Å². The van der Waals surface area contributed by atoms with Gasteiger partial charge in [-0.3, -0.25) is 5.41 Å². The van der Waals surface area contributed by atoms with E-state index >= 15 is 0 Å². The van der Waals surface area contributed by atoms with Gasteiger partial charge >= 0.3 is 0 Å². The summed E-state index contributed by atoms with van der Waals surface area (Å²) in [5.74, 6) is 1.77. The minimum atomic E-state index is -0.791. The number of hydrogen-bond donors (Lipinski definition) is 2. The van der Waals surface area contributed by atoms with Gasteiger partial charge in [0.2, 0.25) is 0 Å². The molecule has 1 saturated heterocycles. The molecule has 3 rings (SSSR count). The Morgan fingerprint density at radius 3 is 2.61 bits per heavy atom. The summed E-state index contributed by atoms with van der Waals surface area (Å²) in [6.45, 7) is 5.83. The molecule has 172 valence electrons. The van der Waals surface area contributed by atoms with Crippen LogP contribution in [-0.4, -0.2) is 67.8 Å². The second kappa shape index (κ2) is 11.8. The Bertz CT molecular complexity index is 869. The molecule has 2 heterocycles. The van der Waals surface area contributed by atoms with Crippen molar-refractivity contribution in [1.29, 1.82) is 5.41 Å². The van der Waals surface area contributed by atoms with E-state index in [2.05, 4.69) is 45.0 Å². The molecule has 1 fully saturated rings.